The third-order valence-corrected chi connectivity index (χ3v) is 4.78. The van der Waals surface area contributed by atoms with Crippen LogP contribution < -0.4 is 10.6 Å². The molecular formula is C18H25Cl2IN4OS. The molecule has 1 amide bonds. The van der Waals surface area contributed by atoms with E-state index in [-0.39, 0.29) is 43.1 Å². The van der Waals surface area contributed by atoms with Gasteiger partial charge in [0.05, 0.1) is 10.9 Å². The van der Waals surface area contributed by atoms with Crippen LogP contribution in [-0.2, 0) is 4.79 Å². The number of likely N-dealkylation sites (N-methyl/N-ethyl adjacent to an activating group) is 2. The van der Waals surface area contributed by atoms with E-state index in [4.69, 9.17) is 35.4 Å². The van der Waals surface area contributed by atoms with Crippen LogP contribution in [0, 0.1) is 0 Å². The van der Waals surface area contributed by atoms with Crippen LogP contribution in [-0.4, -0.2) is 35.0 Å². The molecule has 2 aromatic rings. The van der Waals surface area contributed by atoms with Gasteiger partial charge >= 0.3 is 0 Å². The van der Waals surface area contributed by atoms with Gasteiger partial charge in [-0.15, -0.1) is 24.0 Å². The number of nitrogens with zero attached hydrogens (tertiary/aromatic N) is 2. The lowest BCUT2D eigenvalue weighted by atomic mass is 10.0. The van der Waals surface area contributed by atoms with Gasteiger partial charge in [-0.25, -0.2) is 9.97 Å². The molecule has 0 fully saturated rings. The predicted octanol–water partition coefficient (Wildman–Crippen LogP) is 4.83. The van der Waals surface area contributed by atoms with Crippen LogP contribution in [0.15, 0.2) is 36.7 Å². The fraction of sp³-hybridized carbons (Fsp3) is 0.333. The Hall–Kier alpha value is -1.03. The fourth-order valence-corrected chi connectivity index (χ4v) is 2.38. The molecule has 9 heteroatoms. The van der Waals surface area contributed by atoms with E-state index in [0.29, 0.717) is 10.3 Å². The maximum Gasteiger partial charge on any atom is 0.227 e. The maximum absolute atomic E-state index is 11.2. The second kappa shape index (κ2) is 13.2. The molecule has 0 saturated carbocycles. The first-order chi connectivity index (χ1) is 12.3. The minimum Gasteiger partial charge on any atom is -0.382 e. The van der Waals surface area contributed by atoms with E-state index < -0.39 is 0 Å². The number of hydrogen-bond acceptors (Lipinski definition) is 4. The van der Waals surface area contributed by atoms with Crippen molar-refractivity contribution in [2.75, 3.05) is 14.1 Å². The van der Waals surface area contributed by atoms with Crippen molar-refractivity contribution >= 4 is 70.3 Å². The van der Waals surface area contributed by atoms with Crippen LogP contribution >= 0.6 is 59.4 Å². The molecule has 2 aromatic heterocycles. The molecule has 150 valence electrons. The highest BCUT2D eigenvalue weighted by Crippen LogP contribution is 2.17. The molecule has 0 aliphatic heterocycles. The molecule has 0 bridgehead atoms. The minimum atomic E-state index is -0.185. The van der Waals surface area contributed by atoms with Crippen LogP contribution in [0.2, 0.25) is 10.3 Å². The Balaban J connectivity index is 0. The van der Waals surface area contributed by atoms with Crippen molar-refractivity contribution in [3.05, 3.63) is 58.1 Å². The number of hydrogen-bond donors (Lipinski definition) is 2. The normalized spacial score (nSPS) is 11.8. The van der Waals surface area contributed by atoms with Crippen LogP contribution in [0.5, 0.6) is 0 Å². The third-order valence-electron chi connectivity index (χ3n) is 3.78. The van der Waals surface area contributed by atoms with Gasteiger partial charge in [-0.3, -0.25) is 4.79 Å². The summed E-state index contributed by atoms with van der Waals surface area (Å²) in [6.45, 7) is 3.85. The van der Waals surface area contributed by atoms with Crippen molar-refractivity contribution < 1.29 is 6.22 Å². The van der Waals surface area contributed by atoms with E-state index >= 15 is 0 Å². The molecule has 0 saturated heterocycles. The van der Waals surface area contributed by atoms with E-state index in [9.17, 15) is 4.79 Å². The first-order valence-electron chi connectivity index (χ1n) is 7.96. The van der Waals surface area contributed by atoms with Gasteiger partial charge in [0.2, 0.25) is 5.91 Å². The highest BCUT2D eigenvalue weighted by molar-refractivity contribution is 14.0. The summed E-state index contributed by atoms with van der Waals surface area (Å²) in [6.07, 6.45) is 3.36. The zero-order valence-electron chi connectivity index (χ0n) is 15.5. The Morgan fingerprint density at radius 3 is 1.74 bits per heavy atom. The second-order valence-corrected chi connectivity index (χ2v) is 6.71. The molecule has 0 radical (unpaired) electrons. The molecule has 0 aromatic carbocycles. The highest BCUT2D eigenvalue weighted by Gasteiger charge is 2.13. The van der Waals surface area contributed by atoms with E-state index in [2.05, 4.69) is 20.6 Å². The molecule has 2 rings (SSSR count). The van der Waals surface area contributed by atoms with Gasteiger partial charge in [-0.2, -0.15) is 0 Å². The number of rotatable bonds is 4. The lowest BCUT2D eigenvalue weighted by Crippen LogP contribution is -2.23. The molecule has 0 aliphatic carbocycles. The number of thiocarbonyl (C=S) groups is 1. The quantitative estimate of drug-likeness (QED) is 0.329. The summed E-state index contributed by atoms with van der Waals surface area (Å²) in [5, 5.41) is 6.47. The number of aromatic nitrogens is 2. The third kappa shape index (κ3) is 8.68. The van der Waals surface area contributed by atoms with Crippen molar-refractivity contribution in [2.45, 2.75) is 25.7 Å². The predicted molar refractivity (Wildman–Crippen MR) is 129 cm³/mol. The number of halogens is 3. The van der Waals surface area contributed by atoms with Crippen LogP contribution in [0.3, 0.4) is 0 Å². The van der Waals surface area contributed by atoms with Crippen LogP contribution in [0.25, 0.3) is 0 Å². The largest absolute Gasteiger partial charge is 0.382 e. The van der Waals surface area contributed by atoms with Crippen LogP contribution in [0.4, 0.5) is 0 Å². The molecule has 2 unspecified atom stereocenters. The number of amides is 1. The van der Waals surface area contributed by atoms with Gasteiger partial charge in [0.15, 0.2) is 0 Å². The maximum atomic E-state index is 11.2. The first kappa shape index (κ1) is 26.0. The Morgan fingerprint density at radius 1 is 0.963 bits per heavy atom. The molecule has 2 N–H and O–H groups in total. The van der Waals surface area contributed by atoms with Crippen molar-refractivity contribution in [3.63, 3.8) is 0 Å². The fourth-order valence-electron chi connectivity index (χ4n) is 2.02. The smallest absolute Gasteiger partial charge is 0.227 e. The van der Waals surface area contributed by atoms with E-state index in [1.807, 2.05) is 27.0 Å². The summed E-state index contributed by atoms with van der Waals surface area (Å²) >= 11 is 16.4. The zero-order chi connectivity index (χ0) is 19.7. The molecule has 5 nitrogen and oxygen atoms in total. The number of nitrogens with one attached hydrogen (secondary N) is 2. The average Bonchev–Trinajstić information content (AvgIpc) is 2.67. The van der Waals surface area contributed by atoms with Crippen molar-refractivity contribution in [1.82, 2.24) is 20.6 Å². The standard InChI is InChI=1S/C9H11ClN2O.C9H11ClN2S.HI.H2/c2*1-6(9(13)11-2)7-3-4-8(10)12-5-7;;/h2*3-6H,1-2H3,(H,11,13);2*1H. The Kier molecular flexibility index (Phi) is 12.7. The number of pyridine rings is 2. The van der Waals surface area contributed by atoms with Gasteiger partial charge in [-0.05, 0) is 30.2 Å². The molecule has 0 spiro atoms. The van der Waals surface area contributed by atoms with Crippen molar-refractivity contribution in [2.24, 2.45) is 0 Å². The topological polar surface area (TPSA) is 66.9 Å². The van der Waals surface area contributed by atoms with Crippen molar-refractivity contribution in [1.29, 1.82) is 0 Å². The van der Waals surface area contributed by atoms with Crippen LogP contribution in [0.1, 0.15) is 38.2 Å². The monoisotopic (exact) mass is 542 g/mol. The summed E-state index contributed by atoms with van der Waals surface area (Å²) in [4.78, 5) is 19.9. The summed E-state index contributed by atoms with van der Waals surface area (Å²) in [5.74, 6) is -0.0244. The van der Waals surface area contributed by atoms with Gasteiger partial charge in [0.1, 0.15) is 10.3 Å². The molecule has 27 heavy (non-hydrogen) atoms. The van der Waals surface area contributed by atoms with Crippen molar-refractivity contribution in [3.8, 4) is 0 Å². The average molecular weight is 543 g/mol. The Labute approximate surface area is 194 Å². The first-order valence-corrected chi connectivity index (χ1v) is 9.12. The van der Waals surface area contributed by atoms with E-state index in [1.165, 1.54) is 0 Å². The highest BCUT2D eigenvalue weighted by atomic mass is 127. The Morgan fingerprint density at radius 2 is 1.41 bits per heavy atom. The number of carbonyl (C=O) groups is 1. The molecule has 2 atom stereocenters. The zero-order valence-corrected chi connectivity index (χ0v) is 20.2. The lowest BCUT2D eigenvalue weighted by molar-refractivity contribution is -0.121. The summed E-state index contributed by atoms with van der Waals surface area (Å²) in [7, 11) is 3.43. The Bertz CT molecular complexity index is 672. The molecule has 2 heterocycles. The second-order valence-electron chi connectivity index (χ2n) is 5.50. The summed E-state index contributed by atoms with van der Waals surface area (Å²) < 4.78 is 0. The SMILES string of the molecule is CNC(=O)C(C)c1ccc(Cl)nc1.CNC(=S)C(C)c1ccc(Cl)nc1.I.[HH]. The van der Waals surface area contributed by atoms with Gasteiger partial charge in [0.25, 0.3) is 0 Å². The summed E-state index contributed by atoms with van der Waals surface area (Å²) in [5.41, 5.74) is 1.94. The minimum absolute atomic E-state index is 0. The lowest BCUT2D eigenvalue weighted by Gasteiger charge is -2.12. The van der Waals surface area contributed by atoms with E-state index in [1.54, 1.807) is 37.6 Å². The number of carbonyl (C=O) groups excluding carboxylic acids is 1. The van der Waals surface area contributed by atoms with E-state index in [0.717, 1.165) is 16.1 Å². The van der Waals surface area contributed by atoms with Gasteiger partial charge < -0.3 is 10.6 Å². The molecule has 0 aliphatic rings. The molecular weight excluding hydrogens is 518 g/mol. The summed E-state index contributed by atoms with van der Waals surface area (Å²) in [6, 6.07) is 7.18. The van der Waals surface area contributed by atoms with Gasteiger partial charge in [0, 0.05) is 33.8 Å². The van der Waals surface area contributed by atoms with Gasteiger partial charge in [-0.1, -0.05) is 54.5 Å².